The largest absolute Gasteiger partial charge is 0.353 e. The summed E-state index contributed by atoms with van der Waals surface area (Å²) in [7, 11) is 0. The van der Waals surface area contributed by atoms with Crippen LogP contribution >= 0.6 is 0 Å². The highest BCUT2D eigenvalue weighted by Gasteiger charge is 2.24. The van der Waals surface area contributed by atoms with Crippen molar-refractivity contribution in [2.45, 2.75) is 60.9 Å². The van der Waals surface area contributed by atoms with Gasteiger partial charge in [-0.05, 0) is 18.8 Å². The SMILES string of the molecule is C[C@@H](CC(C)(C)C)NC(=O)C(C)(C)C. The van der Waals surface area contributed by atoms with Crippen molar-refractivity contribution in [1.82, 2.24) is 5.32 Å². The van der Waals surface area contributed by atoms with Crippen molar-refractivity contribution in [3.05, 3.63) is 0 Å². The van der Waals surface area contributed by atoms with Gasteiger partial charge >= 0.3 is 0 Å². The lowest BCUT2D eigenvalue weighted by Gasteiger charge is -2.27. The van der Waals surface area contributed by atoms with E-state index in [4.69, 9.17) is 0 Å². The van der Waals surface area contributed by atoms with Crippen LogP contribution < -0.4 is 5.32 Å². The molecule has 0 rings (SSSR count). The van der Waals surface area contributed by atoms with Crippen molar-refractivity contribution in [3.8, 4) is 0 Å². The maximum atomic E-state index is 11.6. The van der Waals surface area contributed by atoms with Crippen molar-refractivity contribution in [2.24, 2.45) is 10.8 Å². The van der Waals surface area contributed by atoms with Crippen LogP contribution in [0, 0.1) is 10.8 Å². The molecule has 0 saturated carbocycles. The number of nitrogens with one attached hydrogen (secondary N) is 1. The molecule has 0 aromatic heterocycles. The molecule has 0 heterocycles. The lowest BCUT2D eigenvalue weighted by molar-refractivity contribution is -0.129. The highest BCUT2D eigenvalue weighted by Crippen LogP contribution is 2.21. The first kappa shape index (κ1) is 13.5. The van der Waals surface area contributed by atoms with Gasteiger partial charge in [0, 0.05) is 11.5 Å². The van der Waals surface area contributed by atoms with E-state index >= 15 is 0 Å². The molecule has 2 heteroatoms. The van der Waals surface area contributed by atoms with Gasteiger partial charge in [-0.25, -0.2) is 0 Å². The summed E-state index contributed by atoms with van der Waals surface area (Å²) in [6.45, 7) is 14.4. The van der Waals surface area contributed by atoms with Crippen molar-refractivity contribution >= 4 is 5.91 Å². The number of carbonyl (C=O) groups excluding carboxylic acids is 1. The van der Waals surface area contributed by atoms with E-state index in [9.17, 15) is 4.79 Å². The Morgan fingerprint density at radius 2 is 1.57 bits per heavy atom. The molecule has 0 aliphatic rings. The molecule has 84 valence electrons. The van der Waals surface area contributed by atoms with Crippen molar-refractivity contribution < 1.29 is 4.79 Å². The Balaban J connectivity index is 4.09. The predicted molar refractivity (Wildman–Crippen MR) is 61.1 cm³/mol. The second-order valence-electron chi connectivity index (χ2n) is 6.39. The van der Waals surface area contributed by atoms with Gasteiger partial charge in [0.25, 0.3) is 0 Å². The molecule has 0 aliphatic carbocycles. The zero-order valence-corrected chi connectivity index (χ0v) is 10.7. The van der Waals surface area contributed by atoms with Crippen LogP contribution in [0.15, 0.2) is 0 Å². The molecular formula is C12H25NO. The molecule has 0 aromatic carbocycles. The Labute approximate surface area is 88.5 Å². The number of hydrogen-bond acceptors (Lipinski definition) is 1. The molecule has 0 fully saturated rings. The van der Waals surface area contributed by atoms with Gasteiger partial charge in [-0.1, -0.05) is 41.5 Å². The van der Waals surface area contributed by atoms with Gasteiger partial charge in [0.2, 0.25) is 5.91 Å². The van der Waals surface area contributed by atoms with Crippen LogP contribution in [0.2, 0.25) is 0 Å². The van der Waals surface area contributed by atoms with Gasteiger partial charge in [0.05, 0.1) is 0 Å². The maximum Gasteiger partial charge on any atom is 0.225 e. The monoisotopic (exact) mass is 199 g/mol. The highest BCUT2D eigenvalue weighted by atomic mass is 16.2. The first-order valence-electron chi connectivity index (χ1n) is 5.33. The van der Waals surface area contributed by atoms with Crippen LogP contribution in [-0.2, 0) is 4.79 Å². The molecule has 0 aliphatic heterocycles. The van der Waals surface area contributed by atoms with Gasteiger partial charge in [-0.2, -0.15) is 0 Å². The summed E-state index contributed by atoms with van der Waals surface area (Å²) >= 11 is 0. The molecule has 1 atom stereocenters. The molecule has 0 spiro atoms. The Hall–Kier alpha value is -0.530. The Bertz CT molecular complexity index is 195. The molecule has 0 aromatic rings. The number of hydrogen-bond donors (Lipinski definition) is 1. The van der Waals surface area contributed by atoms with E-state index in [1.807, 2.05) is 20.8 Å². The topological polar surface area (TPSA) is 29.1 Å². The van der Waals surface area contributed by atoms with E-state index in [0.29, 0.717) is 0 Å². The first-order valence-corrected chi connectivity index (χ1v) is 5.33. The molecule has 1 amide bonds. The highest BCUT2D eigenvalue weighted by molar-refractivity contribution is 5.81. The van der Waals surface area contributed by atoms with Gasteiger partial charge in [-0.3, -0.25) is 4.79 Å². The second kappa shape index (κ2) is 4.33. The lowest BCUT2D eigenvalue weighted by Crippen LogP contribution is -2.41. The Morgan fingerprint density at radius 3 is 1.86 bits per heavy atom. The van der Waals surface area contributed by atoms with E-state index in [0.717, 1.165) is 6.42 Å². The third kappa shape index (κ3) is 6.01. The number of carbonyl (C=O) groups is 1. The smallest absolute Gasteiger partial charge is 0.225 e. The van der Waals surface area contributed by atoms with E-state index in [1.165, 1.54) is 0 Å². The summed E-state index contributed by atoms with van der Waals surface area (Å²) in [6, 6.07) is 0.252. The van der Waals surface area contributed by atoms with Crippen LogP contribution in [0.3, 0.4) is 0 Å². The molecule has 14 heavy (non-hydrogen) atoms. The van der Waals surface area contributed by atoms with Gasteiger partial charge in [-0.15, -0.1) is 0 Å². The van der Waals surface area contributed by atoms with Crippen molar-refractivity contribution in [1.29, 1.82) is 0 Å². The van der Waals surface area contributed by atoms with E-state index in [1.54, 1.807) is 0 Å². The summed E-state index contributed by atoms with van der Waals surface area (Å²) < 4.78 is 0. The van der Waals surface area contributed by atoms with Gasteiger partial charge in [0.15, 0.2) is 0 Å². The zero-order chi connectivity index (χ0) is 11.6. The van der Waals surface area contributed by atoms with E-state index < -0.39 is 0 Å². The summed E-state index contributed by atoms with van der Waals surface area (Å²) in [5, 5.41) is 3.04. The van der Waals surface area contributed by atoms with E-state index in [-0.39, 0.29) is 22.8 Å². The lowest BCUT2D eigenvalue weighted by atomic mass is 9.88. The standard InChI is InChI=1S/C12H25NO/c1-9(8-11(2,3)4)13-10(14)12(5,6)7/h9H,8H2,1-7H3,(H,13,14)/t9-/m0/s1. The third-order valence-corrected chi connectivity index (χ3v) is 1.98. The summed E-state index contributed by atoms with van der Waals surface area (Å²) in [6.07, 6.45) is 1.01. The van der Waals surface area contributed by atoms with Crippen LogP contribution in [0.1, 0.15) is 54.9 Å². The molecule has 2 nitrogen and oxygen atoms in total. The van der Waals surface area contributed by atoms with Crippen LogP contribution in [0.5, 0.6) is 0 Å². The fraction of sp³-hybridized carbons (Fsp3) is 0.917. The first-order chi connectivity index (χ1) is 6.02. The minimum absolute atomic E-state index is 0.134. The average molecular weight is 199 g/mol. The van der Waals surface area contributed by atoms with Crippen LogP contribution in [0.4, 0.5) is 0 Å². The second-order valence-corrected chi connectivity index (χ2v) is 6.39. The van der Waals surface area contributed by atoms with E-state index in [2.05, 4.69) is 33.0 Å². The maximum absolute atomic E-state index is 11.6. The summed E-state index contributed by atoms with van der Waals surface area (Å²) in [5.74, 6) is 0.134. The third-order valence-electron chi connectivity index (χ3n) is 1.98. The Morgan fingerprint density at radius 1 is 1.14 bits per heavy atom. The minimum atomic E-state index is -0.286. The van der Waals surface area contributed by atoms with Crippen LogP contribution in [0.25, 0.3) is 0 Å². The fourth-order valence-electron chi connectivity index (χ4n) is 1.41. The summed E-state index contributed by atoms with van der Waals surface area (Å²) in [4.78, 5) is 11.6. The average Bonchev–Trinajstić information content (AvgIpc) is 1.79. The zero-order valence-electron chi connectivity index (χ0n) is 10.7. The molecule has 1 N–H and O–H groups in total. The van der Waals surface area contributed by atoms with Crippen LogP contribution in [-0.4, -0.2) is 11.9 Å². The number of amides is 1. The minimum Gasteiger partial charge on any atom is -0.353 e. The van der Waals surface area contributed by atoms with Crippen molar-refractivity contribution in [2.75, 3.05) is 0 Å². The normalized spacial score (nSPS) is 15.1. The molecule has 0 unspecified atom stereocenters. The molecule has 0 bridgehead atoms. The molecule has 0 radical (unpaired) electrons. The van der Waals surface area contributed by atoms with Crippen molar-refractivity contribution in [3.63, 3.8) is 0 Å². The molecule has 0 saturated heterocycles. The summed E-state index contributed by atoms with van der Waals surface area (Å²) in [5.41, 5.74) is -0.0171. The van der Waals surface area contributed by atoms with Gasteiger partial charge in [0.1, 0.15) is 0 Å². The number of rotatable bonds is 2. The quantitative estimate of drug-likeness (QED) is 0.728. The fourth-order valence-corrected chi connectivity index (χ4v) is 1.41. The Kier molecular flexibility index (Phi) is 4.16. The van der Waals surface area contributed by atoms with Gasteiger partial charge < -0.3 is 5.32 Å². The predicted octanol–water partition coefficient (Wildman–Crippen LogP) is 2.97. The molecular weight excluding hydrogens is 174 g/mol.